The summed E-state index contributed by atoms with van der Waals surface area (Å²) in [6.07, 6.45) is 0. The summed E-state index contributed by atoms with van der Waals surface area (Å²) in [7, 11) is 0. The molecule has 0 aliphatic heterocycles. The van der Waals surface area contributed by atoms with E-state index in [4.69, 9.17) is 15.3 Å². The molecule has 0 heterocycles. The molecule has 0 radical (unpaired) electrons. The molecule has 64 valence electrons. The summed E-state index contributed by atoms with van der Waals surface area (Å²) in [5, 5.41) is 14.8. The van der Waals surface area contributed by atoms with E-state index in [-0.39, 0.29) is 60.1 Å². The normalized spacial score (nSPS) is 2.40. The van der Waals surface area contributed by atoms with Crippen LogP contribution in [-0.2, 0) is 32.7 Å². The van der Waals surface area contributed by atoms with Crippen LogP contribution >= 0.6 is 0 Å². The maximum Gasteiger partial charge on any atom is 3.00 e. The van der Waals surface area contributed by atoms with Crippen LogP contribution in [-0.4, -0.2) is 32.5 Å². The first-order valence-corrected chi connectivity index (χ1v) is 0.548. The second kappa shape index (κ2) is 62.1. The smallest absolute Gasteiger partial charge is 0.412 e. The Balaban J connectivity index is -0.00000000300. The van der Waals surface area contributed by atoms with Crippen molar-refractivity contribution in [3.8, 4) is 0 Å². The first kappa shape index (κ1) is 86.9. The maximum absolute atomic E-state index is 8.25. The second-order valence-corrected chi connectivity index (χ2v) is 0.224. The third-order valence-electron chi connectivity index (χ3n) is 0. The van der Waals surface area contributed by atoms with E-state index in [1.165, 1.54) is 0 Å². The van der Waals surface area contributed by atoms with Gasteiger partial charge in [-0.3, -0.25) is 0 Å². The molecule has 0 saturated heterocycles. The third kappa shape index (κ3) is 37900. The zero-order valence-electron chi connectivity index (χ0n) is 4.75. The molecule has 0 rings (SSSR count). The van der Waals surface area contributed by atoms with E-state index in [0.717, 1.165) is 0 Å². The van der Waals surface area contributed by atoms with E-state index in [1.807, 2.05) is 0 Å². The molecule has 0 spiro atoms. The summed E-state index contributed by atoms with van der Waals surface area (Å²) in [4.78, 5) is 8.25. The van der Waals surface area contributed by atoms with E-state index in [1.54, 1.807) is 0 Å². The first-order valence-electron chi connectivity index (χ1n) is 0.548. The zero-order chi connectivity index (χ0) is 3.58. The van der Waals surface area contributed by atoms with Crippen LogP contribution in [0.1, 0.15) is 0 Å². The summed E-state index contributed by atoms with van der Waals surface area (Å²) in [6.45, 7) is 0. The van der Waals surface area contributed by atoms with E-state index < -0.39 is 5.09 Å². The molecule has 0 atom stereocenters. The summed E-state index contributed by atoms with van der Waals surface area (Å²) in [5.41, 5.74) is 0. The fraction of sp³-hybridized carbons (Fsp3) is 0. The van der Waals surface area contributed by atoms with Gasteiger partial charge >= 0.3 is 32.7 Å². The van der Waals surface area contributed by atoms with Crippen LogP contribution < -0.4 is 0 Å². The van der Waals surface area contributed by atoms with Crippen molar-refractivity contribution in [1.29, 1.82) is 0 Å². The van der Waals surface area contributed by atoms with Crippen molar-refractivity contribution in [2.75, 3.05) is 0 Å². The zero-order valence-corrected chi connectivity index (χ0v) is 7.59. The third-order valence-corrected chi connectivity index (χ3v) is 0. The van der Waals surface area contributed by atoms with E-state index in [0.29, 0.717) is 0 Å². The van der Waals surface area contributed by atoms with Crippen LogP contribution in [0, 0.1) is 15.3 Å². The van der Waals surface area contributed by atoms with Gasteiger partial charge in [0, 0.05) is 0 Å². The standard InChI is InChI=1S/NO3.5H2O.Y/c2-1(3)4;;;;;;/h;5*1H2;/q-1;;;;;;+3. The quantitative estimate of drug-likeness (QED) is 0.302. The van der Waals surface area contributed by atoms with Crippen molar-refractivity contribution in [1.82, 2.24) is 0 Å². The first-order chi connectivity index (χ1) is 1.73. The molecule has 9 nitrogen and oxygen atoms in total. The Morgan fingerprint density at radius 1 is 0.800 bits per heavy atom. The van der Waals surface area contributed by atoms with Gasteiger partial charge in [-0.15, -0.1) is 0 Å². The van der Waals surface area contributed by atoms with E-state index >= 15 is 0 Å². The molecule has 0 saturated carbocycles. The Morgan fingerprint density at radius 3 is 0.800 bits per heavy atom. The monoisotopic (exact) mass is 241 g/mol. The number of hydrogen-bond acceptors (Lipinski definition) is 3. The van der Waals surface area contributed by atoms with Gasteiger partial charge in [-0.2, -0.15) is 0 Å². The number of hydrogen-bond donors (Lipinski definition) is 0. The van der Waals surface area contributed by atoms with Gasteiger partial charge in [-0.1, -0.05) is 0 Å². The fourth-order valence-corrected chi connectivity index (χ4v) is 0. The molecule has 10 heteroatoms. The molecular formula is H10NO8Y+2. The Bertz CT molecular complexity index is 32.2. The molecular weight excluding hydrogens is 231 g/mol. The Morgan fingerprint density at radius 2 is 0.800 bits per heavy atom. The summed E-state index contributed by atoms with van der Waals surface area (Å²) in [5.74, 6) is 0. The predicted octanol–water partition coefficient (Wildman–Crippen LogP) is -4.37. The molecule has 0 aromatic heterocycles. The van der Waals surface area contributed by atoms with Crippen LogP contribution in [0.3, 0.4) is 0 Å². The largest absolute Gasteiger partial charge is 3.00 e. The molecule has 10 heavy (non-hydrogen) atoms. The van der Waals surface area contributed by atoms with Gasteiger partial charge < -0.3 is 42.7 Å². The molecule has 10 N–H and O–H groups in total. The van der Waals surface area contributed by atoms with Crippen LogP contribution in [0.25, 0.3) is 0 Å². The minimum atomic E-state index is -1.75. The van der Waals surface area contributed by atoms with Gasteiger partial charge in [0.15, 0.2) is 0 Å². The molecule has 0 fully saturated rings. The van der Waals surface area contributed by atoms with Crippen molar-refractivity contribution < 1.29 is 65.2 Å². The average Bonchev–Trinajstić information content (AvgIpc) is 0.811. The van der Waals surface area contributed by atoms with Gasteiger partial charge in [0.05, 0.1) is 5.09 Å². The van der Waals surface area contributed by atoms with Gasteiger partial charge in [-0.05, 0) is 0 Å². The van der Waals surface area contributed by atoms with Crippen molar-refractivity contribution in [3.63, 3.8) is 0 Å². The van der Waals surface area contributed by atoms with Gasteiger partial charge in [-0.25, -0.2) is 0 Å². The molecule has 0 amide bonds. The van der Waals surface area contributed by atoms with E-state index in [2.05, 4.69) is 0 Å². The summed E-state index contributed by atoms with van der Waals surface area (Å²) >= 11 is 0. The van der Waals surface area contributed by atoms with Crippen molar-refractivity contribution >= 4 is 0 Å². The van der Waals surface area contributed by atoms with Gasteiger partial charge in [0.1, 0.15) is 0 Å². The SMILES string of the molecule is O.O.O.O.O.O=[N+]([O-])[O-].[Y+3]. The van der Waals surface area contributed by atoms with Crippen molar-refractivity contribution in [2.45, 2.75) is 0 Å². The number of rotatable bonds is 0. The Hall–Kier alpha value is 0.104. The predicted molar refractivity (Wildman–Crippen MR) is 28.4 cm³/mol. The van der Waals surface area contributed by atoms with Crippen LogP contribution in [0.5, 0.6) is 0 Å². The minimum absolute atomic E-state index is 0. The maximum atomic E-state index is 8.25. The Labute approximate surface area is 80.6 Å². The Kier molecular flexibility index (Phi) is 539. The molecule has 0 unspecified atom stereocenters. The summed E-state index contributed by atoms with van der Waals surface area (Å²) < 4.78 is 0. The summed E-state index contributed by atoms with van der Waals surface area (Å²) in [6, 6.07) is 0. The van der Waals surface area contributed by atoms with Crippen LogP contribution in [0.15, 0.2) is 0 Å². The van der Waals surface area contributed by atoms with Crippen LogP contribution in [0.4, 0.5) is 0 Å². The molecule has 0 aliphatic rings. The van der Waals surface area contributed by atoms with Crippen molar-refractivity contribution in [3.05, 3.63) is 15.3 Å². The van der Waals surface area contributed by atoms with Gasteiger partial charge in [0.2, 0.25) is 0 Å². The molecule has 0 aromatic carbocycles. The topological polar surface area (TPSA) is 224 Å². The fourth-order valence-electron chi connectivity index (χ4n) is 0. The number of nitrogens with zero attached hydrogens (tertiary/aromatic N) is 1. The van der Waals surface area contributed by atoms with Gasteiger partial charge in [0.25, 0.3) is 0 Å². The molecule has 0 aliphatic carbocycles. The van der Waals surface area contributed by atoms with Crippen molar-refractivity contribution in [2.24, 2.45) is 0 Å². The average molecular weight is 241 g/mol. The molecule has 0 aromatic rings. The minimum Gasteiger partial charge on any atom is -0.412 e. The molecule has 0 bridgehead atoms. The second-order valence-electron chi connectivity index (χ2n) is 0.224. The van der Waals surface area contributed by atoms with E-state index in [9.17, 15) is 0 Å². The van der Waals surface area contributed by atoms with Crippen LogP contribution in [0.2, 0.25) is 0 Å².